The summed E-state index contributed by atoms with van der Waals surface area (Å²) in [5.41, 5.74) is 8.55. The molecule has 0 unspecified atom stereocenters. The van der Waals surface area contributed by atoms with Gasteiger partial charge >= 0.3 is 6.01 Å². The monoisotopic (exact) mass is 582 g/mol. The van der Waals surface area contributed by atoms with Crippen molar-refractivity contribution in [3.63, 3.8) is 0 Å². The molecule has 17 nitrogen and oxygen atoms in total. The molecular formula is C24H23FN10O7. The molecule has 18 heteroatoms. The summed E-state index contributed by atoms with van der Waals surface area (Å²) in [5.74, 6) is 0.0441. The molecule has 0 saturated carbocycles. The van der Waals surface area contributed by atoms with E-state index in [0.29, 0.717) is 5.52 Å². The number of anilines is 2. The Labute approximate surface area is 234 Å². The second-order valence-electron chi connectivity index (χ2n) is 9.89. The largest absolute Gasteiger partial charge is 0.458 e. The van der Waals surface area contributed by atoms with E-state index >= 15 is 4.39 Å². The first-order valence-electron chi connectivity index (χ1n) is 12.4. The predicted octanol–water partition coefficient (Wildman–Crippen LogP) is -1.90. The Hall–Kier alpha value is -4.69. The van der Waals surface area contributed by atoms with Crippen molar-refractivity contribution < 1.29 is 39.0 Å². The van der Waals surface area contributed by atoms with Crippen LogP contribution in [0.25, 0.3) is 11.0 Å². The van der Waals surface area contributed by atoms with Crippen LogP contribution < -0.4 is 16.2 Å². The highest BCUT2D eigenvalue weighted by Crippen LogP contribution is 2.43. The van der Waals surface area contributed by atoms with E-state index in [1.807, 2.05) is 6.07 Å². The molecule has 0 amide bonds. The van der Waals surface area contributed by atoms with Crippen LogP contribution in [0.1, 0.15) is 23.6 Å². The van der Waals surface area contributed by atoms with Crippen molar-refractivity contribution in [1.82, 2.24) is 29.2 Å². The van der Waals surface area contributed by atoms with Gasteiger partial charge in [0.25, 0.3) is 0 Å². The van der Waals surface area contributed by atoms with Gasteiger partial charge in [0.15, 0.2) is 17.8 Å². The Morgan fingerprint density at radius 2 is 1.60 bits per heavy atom. The minimum atomic E-state index is -2.19. The summed E-state index contributed by atoms with van der Waals surface area (Å²) in [7, 11) is 0. The third-order valence-electron chi connectivity index (χ3n) is 7.53. The van der Waals surface area contributed by atoms with Crippen molar-refractivity contribution in [2.75, 3.05) is 24.7 Å². The second kappa shape index (κ2) is 9.70. The lowest BCUT2D eigenvalue weighted by Crippen LogP contribution is -2.46. The van der Waals surface area contributed by atoms with Crippen molar-refractivity contribution in [3.05, 3.63) is 42.0 Å². The zero-order valence-electron chi connectivity index (χ0n) is 21.4. The average molecular weight is 583 g/mol. The maximum Gasteiger partial charge on any atom is 0.336 e. The van der Waals surface area contributed by atoms with Crippen molar-refractivity contribution in [3.8, 4) is 18.1 Å². The molecule has 8 atom stereocenters. The van der Waals surface area contributed by atoms with Gasteiger partial charge in [-0.25, -0.2) is 18.4 Å². The van der Waals surface area contributed by atoms with Crippen LogP contribution in [0, 0.1) is 22.7 Å². The third kappa shape index (κ3) is 3.82. The number of rotatable bonds is 6. The van der Waals surface area contributed by atoms with Crippen molar-refractivity contribution in [1.29, 1.82) is 10.5 Å². The number of nitriles is 2. The smallest absolute Gasteiger partial charge is 0.336 e. The second-order valence-corrected chi connectivity index (χ2v) is 9.89. The van der Waals surface area contributed by atoms with E-state index < -0.39 is 67.1 Å². The molecule has 0 radical (unpaired) electrons. The number of nitrogens with zero attached hydrogens (tertiary/aromatic N) is 8. The van der Waals surface area contributed by atoms with Crippen LogP contribution in [-0.4, -0.2) is 98.5 Å². The number of aromatic nitrogens is 6. The molecule has 0 aromatic carbocycles. The number of ether oxygens (including phenoxy) is 3. The minimum Gasteiger partial charge on any atom is -0.458 e. The van der Waals surface area contributed by atoms with E-state index in [4.69, 9.17) is 25.7 Å². The molecule has 218 valence electrons. The molecule has 4 aromatic rings. The van der Waals surface area contributed by atoms with Crippen LogP contribution >= 0.6 is 0 Å². The van der Waals surface area contributed by atoms with Gasteiger partial charge in [-0.2, -0.15) is 20.6 Å². The summed E-state index contributed by atoms with van der Waals surface area (Å²) in [6.07, 6.45) is -8.93. The van der Waals surface area contributed by atoms with Crippen LogP contribution in [0.2, 0.25) is 0 Å². The molecule has 2 aliphatic heterocycles. The van der Waals surface area contributed by atoms with Gasteiger partial charge < -0.3 is 46.1 Å². The molecule has 2 aliphatic rings. The van der Waals surface area contributed by atoms with Gasteiger partial charge in [-0.1, -0.05) is 0 Å². The Balaban J connectivity index is 1.29. The van der Waals surface area contributed by atoms with Crippen LogP contribution in [0.4, 0.5) is 16.0 Å². The van der Waals surface area contributed by atoms with Crippen LogP contribution in [0.5, 0.6) is 6.01 Å². The van der Waals surface area contributed by atoms with E-state index in [9.17, 15) is 30.9 Å². The normalized spacial score (nSPS) is 32.7. The van der Waals surface area contributed by atoms with E-state index in [1.165, 1.54) is 23.0 Å². The van der Waals surface area contributed by atoms with Gasteiger partial charge in [0.1, 0.15) is 66.6 Å². The van der Waals surface area contributed by atoms with Gasteiger partial charge in [0, 0.05) is 0 Å². The summed E-state index contributed by atoms with van der Waals surface area (Å²) < 4.78 is 34.5. The number of aliphatic hydroxyl groups excluding tert-OH is 4. The number of nitrogen functional groups attached to an aromatic ring is 2. The highest BCUT2D eigenvalue weighted by Gasteiger charge is 2.58. The number of fused-ring (bicyclic) bond motifs is 2. The molecule has 4 aromatic heterocycles. The number of alkyl halides is 1. The first-order chi connectivity index (χ1) is 20.1. The quantitative estimate of drug-likeness (QED) is 0.145. The van der Waals surface area contributed by atoms with E-state index in [0.717, 1.165) is 4.52 Å². The molecule has 6 rings (SSSR count). The number of halogens is 1. The van der Waals surface area contributed by atoms with Crippen molar-refractivity contribution in [2.24, 2.45) is 0 Å². The highest BCUT2D eigenvalue weighted by molar-refractivity contribution is 5.66. The van der Waals surface area contributed by atoms with Gasteiger partial charge in [-0.3, -0.25) is 0 Å². The zero-order chi connectivity index (χ0) is 30.0. The number of aliphatic hydroxyl groups is 4. The Bertz CT molecular complexity index is 1770. The fraction of sp³-hybridized carbons (Fsp3) is 0.417. The summed E-state index contributed by atoms with van der Waals surface area (Å²) in [5, 5.41) is 69.2. The maximum atomic E-state index is 15.1. The van der Waals surface area contributed by atoms with Crippen LogP contribution in [-0.2, 0) is 9.47 Å². The summed E-state index contributed by atoms with van der Waals surface area (Å²) >= 11 is 0. The summed E-state index contributed by atoms with van der Waals surface area (Å²) in [6.45, 7) is -1.63. The lowest BCUT2D eigenvalue weighted by molar-refractivity contribution is -0.0748. The first kappa shape index (κ1) is 27.5. The summed E-state index contributed by atoms with van der Waals surface area (Å²) in [6, 6.07) is 9.01. The zero-order valence-corrected chi connectivity index (χ0v) is 21.4. The van der Waals surface area contributed by atoms with Crippen molar-refractivity contribution in [2.45, 2.75) is 47.9 Å². The maximum absolute atomic E-state index is 15.1. The van der Waals surface area contributed by atoms with Crippen molar-refractivity contribution >= 4 is 22.7 Å². The predicted molar refractivity (Wildman–Crippen MR) is 135 cm³/mol. The van der Waals surface area contributed by atoms with Crippen LogP contribution in [0.3, 0.4) is 0 Å². The molecular weight excluding hydrogens is 559 g/mol. The topological polar surface area (TPSA) is 269 Å². The van der Waals surface area contributed by atoms with Gasteiger partial charge in [0.2, 0.25) is 11.2 Å². The molecule has 0 bridgehead atoms. The van der Waals surface area contributed by atoms with Gasteiger partial charge in [-0.15, -0.1) is 5.10 Å². The third-order valence-corrected chi connectivity index (χ3v) is 7.53. The fourth-order valence-electron chi connectivity index (χ4n) is 5.21. The van der Waals surface area contributed by atoms with Gasteiger partial charge in [-0.05, 0) is 24.3 Å². The lowest BCUT2D eigenvalue weighted by atomic mass is 9.96. The molecule has 6 heterocycles. The Morgan fingerprint density at radius 3 is 2.24 bits per heavy atom. The molecule has 2 saturated heterocycles. The van der Waals surface area contributed by atoms with E-state index in [-0.39, 0.29) is 28.5 Å². The molecule has 0 aliphatic carbocycles. The standard InChI is InChI=1S/C24H23FN10O7/c25-14-16(41-23(5-26,7-36)18(14)38)10-1-4-13-21(29)32-22(33-35(10)13)40-8-24(6-27)19(39)15(37)17(42-24)11-2-3-12-20(28)30-9-31-34(11)12/h1-4,9,14-19,36-39H,7-8H2,(H2,28,30,31)(H2,29,32,33)/t14-,15-,16-,17-,18-,19-,23+,24+/m0/s1. The lowest BCUT2D eigenvalue weighted by Gasteiger charge is -2.24. The SMILES string of the molecule is N#C[C@]1(COc2nc(N)c3ccc([C@@H]4O[C@](C#N)(CO)[C@@H](O)[C@H]4F)n3n2)O[C@@H](c2ccc3c(N)ncnn23)[C@H](O)[C@@H]1O. The first-order valence-corrected chi connectivity index (χ1v) is 12.4. The molecule has 42 heavy (non-hydrogen) atoms. The van der Waals surface area contributed by atoms with E-state index in [2.05, 4.69) is 20.2 Å². The van der Waals surface area contributed by atoms with Crippen LogP contribution in [0.15, 0.2) is 30.6 Å². The molecule has 8 N–H and O–H groups in total. The van der Waals surface area contributed by atoms with Gasteiger partial charge in [0.05, 0.1) is 18.0 Å². The van der Waals surface area contributed by atoms with E-state index in [1.54, 1.807) is 18.2 Å². The number of nitrogens with two attached hydrogens (primary N) is 2. The number of hydrogen-bond acceptors (Lipinski definition) is 15. The number of hydrogen-bond donors (Lipinski definition) is 6. The Kier molecular flexibility index (Phi) is 6.35. The average Bonchev–Trinajstić information content (AvgIpc) is 3.73. The summed E-state index contributed by atoms with van der Waals surface area (Å²) in [4.78, 5) is 7.93. The minimum absolute atomic E-state index is 0.0186. The highest BCUT2D eigenvalue weighted by atomic mass is 19.1. The fourth-order valence-corrected chi connectivity index (χ4v) is 5.21. The Morgan fingerprint density at radius 1 is 0.952 bits per heavy atom. The molecule has 0 spiro atoms. The molecule has 2 fully saturated rings.